The van der Waals surface area contributed by atoms with Gasteiger partial charge in [-0.15, -0.1) is 12.4 Å². The van der Waals surface area contributed by atoms with Gasteiger partial charge in [-0.2, -0.15) is 0 Å². The minimum absolute atomic E-state index is 0. The molecule has 1 saturated carbocycles. The molecule has 2 atom stereocenters. The Hall–Kier alpha value is -2.59. The van der Waals surface area contributed by atoms with Crippen molar-refractivity contribution in [2.75, 3.05) is 20.8 Å². The smallest absolute Gasteiger partial charge is 0.319 e. The average Bonchev–Trinajstić information content (AvgIpc) is 2.82. The van der Waals surface area contributed by atoms with Crippen LogP contribution in [0.15, 0.2) is 40.9 Å². The third-order valence-corrected chi connectivity index (χ3v) is 6.24. The van der Waals surface area contributed by atoms with E-state index in [1.165, 1.54) is 20.3 Å². The summed E-state index contributed by atoms with van der Waals surface area (Å²) in [7, 11) is 2.91. The van der Waals surface area contributed by atoms with Crippen LogP contribution in [-0.4, -0.2) is 49.2 Å². The summed E-state index contributed by atoms with van der Waals surface area (Å²) in [4.78, 5) is 25.1. The van der Waals surface area contributed by atoms with Gasteiger partial charge in [0, 0.05) is 22.0 Å². The fourth-order valence-electron chi connectivity index (χ4n) is 4.21. The molecule has 0 radical (unpaired) electrons. The highest BCUT2D eigenvalue weighted by Crippen LogP contribution is 2.48. The van der Waals surface area contributed by atoms with E-state index in [-0.39, 0.29) is 47.4 Å². The van der Waals surface area contributed by atoms with Crippen LogP contribution >= 0.6 is 28.3 Å². The van der Waals surface area contributed by atoms with Crippen LogP contribution in [0.1, 0.15) is 53.1 Å². The molecule has 2 aromatic carbocycles. The van der Waals surface area contributed by atoms with E-state index < -0.39 is 17.9 Å². The number of hydrogen-bond donors (Lipinski definition) is 2. The van der Waals surface area contributed by atoms with Crippen molar-refractivity contribution >= 4 is 46.2 Å². The van der Waals surface area contributed by atoms with Crippen molar-refractivity contribution in [1.29, 1.82) is 0 Å². The molecule has 0 heterocycles. The summed E-state index contributed by atoms with van der Waals surface area (Å²) < 4.78 is 17.4. The van der Waals surface area contributed by atoms with E-state index in [1.54, 1.807) is 12.1 Å². The number of allylic oxidation sites excluding steroid dienone is 1. The van der Waals surface area contributed by atoms with Crippen molar-refractivity contribution < 1.29 is 34.4 Å². The number of halogens is 2. The van der Waals surface area contributed by atoms with E-state index in [2.05, 4.69) is 15.9 Å². The largest absolute Gasteiger partial charge is 0.507 e. The van der Waals surface area contributed by atoms with Crippen molar-refractivity contribution in [2.45, 2.75) is 37.7 Å². The molecule has 0 spiro atoms. The molecule has 3 rings (SSSR count). The second-order valence-electron chi connectivity index (χ2n) is 7.79. The number of ketones is 1. The lowest BCUT2D eigenvalue weighted by atomic mass is 9.79. The van der Waals surface area contributed by atoms with E-state index in [4.69, 9.17) is 19.9 Å². The van der Waals surface area contributed by atoms with Crippen LogP contribution in [0.25, 0.3) is 6.08 Å². The third kappa shape index (κ3) is 7.20. The van der Waals surface area contributed by atoms with Crippen molar-refractivity contribution in [3.05, 3.63) is 57.6 Å². The number of rotatable bonds is 8. The number of carbonyl (C=O) groups excluding carboxylic acids is 2. The van der Waals surface area contributed by atoms with Crippen LogP contribution in [0.2, 0.25) is 0 Å². The number of benzene rings is 2. The monoisotopic (exact) mass is 571 g/mol. The Labute approximate surface area is 219 Å². The topological polar surface area (TPSA) is 140 Å². The molecule has 1 aliphatic rings. The van der Waals surface area contributed by atoms with Gasteiger partial charge in [-0.3, -0.25) is 9.59 Å². The zero-order valence-electron chi connectivity index (χ0n) is 19.6. The van der Waals surface area contributed by atoms with Crippen LogP contribution in [0, 0.1) is 0 Å². The normalized spacial score (nSPS) is 17.1. The van der Waals surface area contributed by atoms with Gasteiger partial charge >= 0.3 is 5.97 Å². The second-order valence-corrected chi connectivity index (χ2v) is 8.71. The number of hydrogen-bond acceptors (Lipinski definition) is 7. The highest BCUT2D eigenvalue weighted by atomic mass is 79.9. The molecule has 1 fully saturated rings. The van der Waals surface area contributed by atoms with Gasteiger partial charge in [0.1, 0.15) is 28.9 Å². The molecule has 0 aliphatic heterocycles. The first-order valence-electron chi connectivity index (χ1n) is 10.7. The Morgan fingerprint density at radius 1 is 1.14 bits per heavy atom. The Kier molecular flexibility index (Phi) is 12.3. The van der Waals surface area contributed by atoms with E-state index in [9.17, 15) is 14.7 Å². The maximum absolute atomic E-state index is 13.2. The Bertz CT molecular complexity index is 1060. The van der Waals surface area contributed by atoms with Crippen LogP contribution in [0.3, 0.4) is 0 Å². The number of esters is 1. The summed E-state index contributed by atoms with van der Waals surface area (Å²) in [6, 6.07) is 9.08. The molecule has 1 aliphatic carbocycles. The van der Waals surface area contributed by atoms with Gasteiger partial charge in [0.05, 0.1) is 20.8 Å². The number of phenols is 1. The molecule has 8 nitrogen and oxygen atoms in total. The molecule has 2 aromatic rings. The van der Waals surface area contributed by atoms with Crippen LogP contribution in [-0.2, 0) is 9.53 Å². The molecule has 35 heavy (non-hydrogen) atoms. The predicted molar refractivity (Wildman–Crippen MR) is 140 cm³/mol. The number of ether oxygens (including phenoxy) is 3. The van der Waals surface area contributed by atoms with Crippen molar-refractivity contribution in [2.24, 2.45) is 5.73 Å². The van der Waals surface area contributed by atoms with E-state index >= 15 is 0 Å². The predicted octanol–water partition coefficient (Wildman–Crippen LogP) is 4.19. The molecule has 0 amide bonds. The van der Waals surface area contributed by atoms with Crippen molar-refractivity contribution in [3.8, 4) is 17.2 Å². The summed E-state index contributed by atoms with van der Waals surface area (Å²) in [5, 5.41) is 11.3. The summed E-state index contributed by atoms with van der Waals surface area (Å²) in [5.74, 6) is -0.918. The maximum atomic E-state index is 13.2. The molecule has 0 unspecified atom stereocenters. The molecule has 0 saturated heterocycles. The van der Waals surface area contributed by atoms with Crippen molar-refractivity contribution in [3.63, 3.8) is 0 Å². The first-order chi connectivity index (χ1) is 15.9. The highest BCUT2D eigenvalue weighted by Gasteiger charge is 2.36. The first-order valence-corrected chi connectivity index (χ1v) is 11.5. The number of phenolic OH excluding ortho intramolecular Hbond substituents is 1. The number of aromatic hydroxyl groups is 1. The summed E-state index contributed by atoms with van der Waals surface area (Å²) >= 11 is 3.41. The zero-order chi connectivity index (χ0) is 24.0. The molecule has 5 N–H and O–H groups in total. The fraction of sp³-hybridized carbons (Fsp3) is 0.360. The lowest BCUT2D eigenvalue weighted by molar-refractivity contribution is -0.149. The standard InChI is InChI=1S/C25H28BrNO6.ClH.H2O/c1-31-20-13-21(32-2)24(18(28)11-10-15-6-5-7-16(26)12-15)25(30)23(20)17-8-3-4-9-19(17)33-22(29)14-27;;/h5-7,10-13,17,19,30H,3-4,8-9,14,27H2,1-2H3;1H;1H2/b11-10+;;/t17-,19-;;/m1../s1. The molecule has 0 aromatic heterocycles. The number of nitrogens with two attached hydrogens (primary N) is 1. The zero-order valence-corrected chi connectivity index (χ0v) is 22.0. The lowest BCUT2D eigenvalue weighted by Gasteiger charge is -2.33. The van der Waals surface area contributed by atoms with Gasteiger partial charge in [-0.1, -0.05) is 40.6 Å². The minimum atomic E-state index is -0.507. The van der Waals surface area contributed by atoms with Gasteiger partial charge < -0.3 is 30.5 Å². The van der Waals surface area contributed by atoms with E-state index in [0.717, 1.165) is 22.9 Å². The Morgan fingerprint density at radius 2 is 1.83 bits per heavy atom. The molecular weight excluding hydrogens is 542 g/mol. The summed E-state index contributed by atoms with van der Waals surface area (Å²) in [6.45, 7) is -0.223. The molecule has 192 valence electrons. The van der Waals surface area contributed by atoms with E-state index in [1.807, 2.05) is 24.3 Å². The van der Waals surface area contributed by atoms with Gasteiger partial charge in [-0.05, 0) is 43.0 Å². The lowest BCUT2D eigenvalue weighted by Crippen LogP contribution is -2.31. The third-order valence-electron chi connectivity index (χ3n) is 5.75. The molecule has 0 bridgehead atoms. The van der Waals surface area contributed by atoms with Crippen LogP contribution in [0.5, 0.6) is 17.2 Å². The maximum Gasteiger partial charge on any atom is 0.319 e. The van der Waals surface area contributed by atoms with Crippen molar-refractivity contribution in [1.82, 2.24) is 0 Å². The summed E-state index contributed by atoms with van der Waals surface area (Å²) in [6.07, 6.45) is 5.67. The molecule has 10 heteroatoms. The molecular formula is C25H31BrClNO7. The minimum Gasteiger partial charge on any atom is -0.507 e. The SMILES string of the molecule is COc1cc(OC)c([C@@H]2CCCC[C@H]2OC(=O)CN)c(O)c1C(=O)/C=C/c1cccc(Br)c1.Cl.O. The van der Waals surface area contributed by atoms with Crippen LogP contribution in [0.4, 0.5) is 0 Å². The summed E-state index contributed by atoms with van der Waals surface area (Å²) in [5.41, 5.74) is 6.73. The highest BCUT2D eigenvalue weighted by molar-refractivity contribution is 9.10. The number of carbonyl (C=O) groups is 2. The van der Waals surface area contributed by atoms with Gasteiger partial charge in [0.25, 0.3) is 0 Å². The number of methoxy groups -OCH3 is 2. The average molecular weight is 573 g/mol. The van der Waals surface area contributed by atoms with Crippen LogP contribution < -0.4 is 15.2 Å². The quantitative estimate of drug-likeness (QED) is 0.275. The second kappa shape index (κ2) is 14.1. The Balaban J connectivity index is 0.00000306. The fourth-order valence-corrected chi connectivity index (χ4v) is 4.63. The van der Waals surface area contributed by atoms with Gasteiger partial charge in [-0.25, -0.2) is 0 Å². The van der Waals surface area contributed by atoms with E-state index in [0.29, 0.717) is 24.2 Å². The Morgan fingerprint density at radius 3 is 2.46 bits per heavy atom. The van der Waals surface area contributed by atoms with Gasteiger partial charge in [0.15, 0.2) is 5.78 Å². The van der Waals surface area contributed by atoms with Gasteiger partial charge in [0.2, 0.25) is 0 Å². The first kappa shape index (κ1) is 30.4.